The number of benzene rings is 1. The summed E-state index contributed by atoms with van der Waals surface area (Å²) in [6.45, 7) is 1.47. The molecule has 25 heavy (non-hydrogen) atoms. The van der Waals surface area contributed by atoms with E-state index in [0.717, 1.165) is 12.8 Å². The maximum atomic E-state index is 12.4. The summed E-state index contributed by atoms with van der Waals surface area (Å²) in [6.07, 6.45) is 1.08. The second-order valence-corrected chi connectivity index (χ2v) is 6.13. The molecule has 2 aliphatic heterocycles. The number of nitrogens with one attached hydrogen (secondary N) is 1. The number of hydrogen-bond acceptors (Lipinski definition) is 6. The Morgan fingerprint density at radius 2 is 2.24 bits per heavy atom. The molecule has 132 valence electrons. The van der Waals surface area contributed by atoms with Crippen LogP contribution >= 0.6 is 0 Å². The van der Waals surface area contributed by atoms with Crippen LogP contribution in [0, 0.1) is 0 Å². The van der Waals surface area contributed by atoms with Crippen molar-refractivity contribution >= 4 is 5.91 Å². The Balaban J connectivity index is 1.37. The Morgan fingerprint density at radius 1 is 1.36 bits per heavy atom. The number of amides is 1. The Morgan fingerprint density at radius 3 is 3.12 bits per heavy atom. The summed E-state index contributed by atoms with van der Waals surface area (Å²) in [7, 11) is 0. The van der Waals surface area contributed by atoms with Gasteiger partial charge in [-0.15, -0.1) is 0 Å². The van der Waals surface area contributed by atoms with Crippen LogP contribution < -0.4 is 14.2 Å². The van der Waals surface area contributed by atoms with Crippen molar-refractivity contribution in [1.29, 1.82) is 0 Å². The van der Waals surface area contributed by atoms with E-state index in [4.69, 9.17) is 14.2 Å². The van der Waals surface area contributed by atoms with E-state index in [1.165, 1.54) is 0 Å². The van der Waals surface area contributed by atoms with E-state index in [-0.39, 0.29) is 19.3 Å². The molecule has 0 radical (unpaired) electrons. The standard InChI is InChI=1S/C17H19N3O5/c21-12-2-1-5-20(8-12)17(22)14-6-11(18-19-14)9-23-13-3-4-15-16(7-13)25-10-24-15/h3-4,6-7,12,21H,1-2,5,8-10H2,(H,18,19)/t12-/m0/s1. The van der Waals surface area contributed by atoms with Gasteiger partial charge in [0, 0.05) is 19.2 Å². The number of rotatable bonds is 4. The Kier molecular flexibility index (Phi) is 4.19. The third kappa shape index (κ3) is 3.39. The number of piperidine rings is 1. The molecule has 0 spiro atoms. The first kappa shape index (κ1) is 15.8. The largest absolute Gasteiger partial charge is 0.487 e. The van der Waals surface area contributed by atoms with Crippen LogP contribution in [0.4, 0.5) is 0 Å². The summed E-state index contributed by atoms with van der Waals surface area (Å²) in [4.78, 5) is 14.1. The van der Waals surface area contributed by atoms with Crippen molar-refractivity contribution in [2.75, 3.05) is 19.9 Å². The third-order valence-corrected chi connectivity index (χ3v) is 4.27. The fourth-order valence-electron chi connectivity index (χ4n) is 2.97. The summed E-state index contributed by atoms with van der Waals surface area (Å²) in [5, 5.41) is 16.6. The molecule has 1 fully saturated rings. The van der Waals surface area contributed by atoms with Crippen LogP contribution in [0.15, 0.2) is 24.3 Å². The van der Waals surface area contributed by atoms with E-state index in [2.05, 4.69) is 10.2 Å². The number of aromatic nitrogens is 2. The molecule has 1 aromatic heterocycles. The molecule has 8 heteroatoms. The highest BCUT2D eigenvalue weighted by Crippen LogP contribution is 2.35. The number of H-pyrrole nitrogens is 1. The van der Waals surface area contributed by atoms with E-state index in [1.54, 1.807) is 29.2 Å². The molecule has 2 N–H and O–H groups in total. The van der Waals surface area contributed by atoms with E-state index >= 15 is 0 Å². The van der Waals surface area contributed by atoms with Crippen molar-refractivity contribution in [2.45, 2.75) is 25.6 Å². The van der Waals surface area contributed by atoms with Crippen molar-refractivity contribution in [1.82, 2.24) is 15.1 Å². The zero-order chi connectivity index (χ0) is 17.2. The summed E-state index contributed by atoms with van der Waals surface area (Å²) in [6, 6.07) is 7.03. The molecule has 0 saturated carbocycles. The number of aliphatic hydroxyl groups is 1. The van der Waals surface area contributed by atoms with E-state index in [0.29, 0.717) is 41.7 Å². The van der Waals surface area contributed by atoms with Gasteiger partial charge in [0.05, 0.1) is 11.8 Å². The Hall–Kier alpha value is -2.74. The summed E-state index contributed by atoms with van der Waals surface area (Å²) in [5.41, 5.74) is 1.02. The Bertz CT molecular complexity index is 775. The van der Waals surface area contributed by atoms with Crippen LogP contribution in [0.2, 0.25) is 0 Å². The van der Waals surface area contributed by atoms with Gasteiger partial charge in [0.25, 0.3) is 5.91 Å². The molecule has 1 amide bonds. The lowest BCUT2D eigenvalue weighted by molar-refractivity contribution is 0.0469. The molecule has 4 rings (SSSR count). The predicted molar refractivity (Wildman–Crippen MR) is 86.6 cm³/mol. The van der Waals surface area contributed by atoms with Crippen LogP contribution in [-0.4, -0.2) is 52.1 Å². The van der Waals surface area contributed by atoms with Gasteiger partial charge in [0.1, 0.15) is 12.4 Å². The minimum atomic E-state index is -0.453. The number of aliphatic hydroxyl groups excluding tert-OH is 1. The maximum Gasteiger partial charge on any atom is 0.274 e. The minimum Gasteiger partial charge on any atom is -0.487 e. The molecule has 3 heterocycles. The number of likely N-dealkylation sites (tertiary alicyclic amines) is 1. The topological polar surface area (TPSA) is 96.9 Å². The number of hydrogen-bond donors (Lipinski definition) is 2. The van der Waals surface area contributed by atoms with Crippen LogP contribution in [0.1, 0.15) is 29.0 Å². The lowest BCUT2D eigenvalue weighted by Crippen LogP contribution is -2.42. The highest BCUT2D eigenvalue weighted by Gasteiger charge is 2.24. The summed E-state index contributed by atoms with van der Waals surface area (Å²) < 4.78 is 16.3. The normalized spacial score (nSPS) is 19.1. The summed E-state index contributed by atoms with van der Waals surface area (Å²) in [5.74, 6) is 1.82. The van der Waals surface area contributed by atoms with Crippen molar-refractivity contribution in [3.05, 3.63) is 35.7 Å². The SMILES string of the molecule is O=C(c1cc(COc2ccc3c(c2)OCO3)[nH]n1)N1CCC[C@H](O)C1. The first-order chi connectivity index (χ1) is 12.2. The van der Waals surface area contributed by atoms with Gasteiger partial charge in [-0.05, 0) is 31.0 Å². The van der Waals surface area contributed by atoms with Gasteiger partial charge in [-0.1, -0.05) is 0 Å². The molecule has 2 aliphatic rings. The molecule has 0 unspecified atom stereocenters. The second-order valence-electron chi connectivity index (χ2n) is 6.13. The molecular formula is C17H19N3O5. The smallest absolute Gasteiger partial charge is 0.274 e. The zero-order valence-corrected chi connectivity index (χ0v) is 13.6. The number of β-amino-alcohol motifs (C(OH)–C–C–N with tert-alkyl or cyclic N) is 1. The van der Waals surface area contributed by atoms with Crippen LogP contribution in [-0.2, 0) is 6.61 Å². The molecule has 8 nitrogen and oxygen atoms in total. The van der Waals surface area contributed by atoms with Crippen molar-refractivity contribution in [3.8, 4) is 17.2 Å². The van der Waals surface area contributed by atoms with Crippen LogP contribution in [0.25, 0.3) is 0 Å². The quantitative estimate of drug-likeness (QED) is 0.867. The number of nitrogens with zero attached hydrogens (tertiary/aromatic N) is 2. The fraction of sp³-hybridized carbons (Fsp3) is 0.412. The van der Waals surface area contributed by atoms with Gasteiger partial charge in [-0.3, -0.25) is 9.89 Å². The highest BCUT2D eigenvalue weighted by molar-refractivity contribution is 5.92. The monoisotopic (exact) mass is 345 g/mol. The lowest BCUT2D eigenvalue weighted by atomic mass is 10.1. The van der Waals surface area contributed by atoms with Gasteiger partial charge < -0.3 is 24.2 Å². The molecular weight excluding hydrogens is 326 g/mol. The second kappa shape index (κ2) is 6.64. The third-order valence-electron chi connectivity index (χ3n) is 4.27. The fourth-order valence-corrected chi connectivity index (χ4v) is 2.97. The number of aromatic amines is 1. The average Bonchev–Trinajstić information content (AvgIpc) is 3.28. The maximum absolute atomic E-state index is 12.4. The lowest BCUT2D eigenvalue weighted by Gasteiger charge is -2.29. The highest BCUT2D eigenvalue weighted by atomic mass is 16.7. The van der Waals surface area contributed by atoms with Crippen molar-refractivity contribution in [2.24, 2.45) is 0 Å². The zero-order valence-electron chi connectivity index (χ0n) is 13.6. The van der Waals surface area contributed by atoms with Gasteiger partial charge in [0.2, 0.25) is 6.79 Å². The van der Waals surface area contributed by atoms with Crippen LogP contribution in [0.3, 0.4) is 0 Å². The van der Waals surface area contributed by atoms with Gasteiger partial charge in [-0.25, -0.2) is 0 Å². The van der Waals surface area contributed by atoms with Crippen LogP contribution in [0.5, 0.6) is 17.2 Å². The first-order valence-electron chi connectivity index (χ1n) is 8.23. The van der Waals surface area contributed by atoms with E-state index in [1.807, 2.05) is 0 Å². The molecule has 2 aromatic rings. The molecule has 0 bridgehead atoms. The van der Waals surface area contributed by atoms with Gasteiger partial charge >= 0.3 is 0 Å². The van der Waals surface area contributed by atoms with Crippen molar-refractivity contribution in [3.63, 3.8) is 0 Å². The number of carbonyl (C=O) groups excluding carboxylic acids is 1. The molecule has 1 aromatic carbocycles. The molecule has 0 aliphatic carbocycles. The van der Waals surface area contributed by atoms with Gasteiger partial charge in [0.15, 0.2) is 17.2 Å². The summed E-state index contributed by atoms with van der Waals surface area (Å²) >= 11 is 0. The minimum absolute atomic E-state index is 0.177. The predicted octanol–water partition coefficient (Wildman–Crippen LogP) is 1.31. The first-order valence-corrected chi connectivity index (χ1v) is 8.23. The molecule has 1 atom stereocenters. The Labute approximate surface area is 144 Å². The van der Waals surface area contributed by atoms with E-state index < -0.39 is 6.10 Å². The number of ether oxygens (including phenoxy) is 3. The molecule has 1 saturated heterocycles. The number of carbonyl (C=O) groups is 1. The number of fused-ring (bicyclic) bond motifs is 1. The van der Waals surface area contributed by atoms with E-state index in [9.17, 15) is 9.90 Å². The van der Waals surface area contributed by atoms with Gasteiger partial charge in [-0.2, -0.15) is 5.10 Å². The average molecular weight is 345 g/mol. The van der Waals surface area contributed by atoms with Crippen molar-refractivity contribution < 1.29 is 24.1 Å².